The van der Waals surface area contributed by atoms with E-state index in [2.05, 4.69) is 34.4 Å². The molecule has 2 rings (SSSR count). The van der Waals surface area contributed by atoms with Crippen LogP contribution >= 0.6 is 11.3 Å². The van der Waals surface area contributed by atoms with E-state index in [0.29, 0.717) is 25.4 Å². The minimum Gasteiger partial charge on any atom is -0.392 e. The summed E-state index contributed by atoms with van der Waals surface area (Å²) in [4.78, 5) is 18.8. The number of likely N-dealkylation sites (tertiary alicyclic amines) is 1. The Hall–Kier alpha value is -0.980. The van der Waals surface area contributed by atoms with Gasteiger partial charge in [0.2, 0.25) is 5.91 Å². The molecule has 2 atom stereocenters. The standard InChI is InChI=1S/C15H25N3O2S/c1-10(2)15-17-11(9-21-15)4-6-16-14(20)12-8-18(3)7-5-13(12)19/h9-10,12-13,19H,4-8H2,1-3H3,(H,16,20)/t12-,13-/m1/s1. The maximum absolute atomic E-state index is 12.1. The molecular formula is C15H25N3O2S. The van der Waals surface area contributed by atoms with Crippen LogP contribution in [0.4, 0.5) is 0 Å². The zero-order chi connectivity index (χ0) is 15.4. The number of hydrogen-bond donors (Lipinski definition) is 2. The largest absolute Gasteiger partial charge is 0.392 e. The van der Waals surface area contributed by atoms with Crippen LogP contribution < -0.4 is 5.32 Å². The van der Waals surface area contributed by atoms with Crippen LogP contribution in [0.3, 0.4) is 0 Å². The molecule has 5 nitrogen and oxygen atoms in total. The monoisotopic (exact) mass is 311 g/mol. The van der Waals surface area contributed by atoms with Crippen LogP contribution in [-0.2, 0) is 11.2 Å². The molecule has 1 aliphatic rings. The van der Waals surface area contributed by atoms with Crippen molar-refractivity contribution in [3.63, 3.8) is 0 Å². The predicted molar refractivity (Wildman–Crippen MR) is 84.5 cm³/mol. The fourth-order valence-corrected chi connectivity index (χ4v) is 3.38. The lowest BCUT2D eigenvalue weighted by Crippen LogP contribution is -2.49. The van der Waals surface area contributed by atoms with Crippen molar-refractivity contribution in [1.29, 1.82) is 0 Å². The molecule has 0 aliphatic carbocycles. The van der Waals surface area contributed by atoms with E-state index in [4.69, 9.17) is 0 Å². The van der Waals surface area contributed by atoms with Crippen LogP contribution in [0.25, 0.3) is 0 Å². The lowest BCUT2D eigenvalue weighted by molar-refractivity contribution is -0.131. The van der Waals surface area contributed by atoms with Crippen molar-refractivity contribution in [2.45, 2.75) is 38.7 Å². The van der Waals surface area contributed by atoms with Gasteiger partial charge < -0.3 is 15.3 Å². The molecule has 0 aromatic carbocycles. The molecule has 0 unspecified atom stereocenters. The number of nitrogens with zero attached hydrogens (tertiary/aromatic N) is 2. The lowest BCUT2D eigenvalue weighted by atomic mass is 9.94. The number of carbonyl (C=O) groups excluding carboxylic acids is 1. The molecule has 2 heterocycles. The van der Waals surface area contributed by atoms with Gasteiger partial charge in [-0.15, -0.1) is 11.3 Å². The lowest BCUT2D eigenvalue weighted by Gasteiger charge is -2.32. The highest BCUT2D eigenvalue weighted by atomic mass is 32.1. The Morgan fingerprint density at radius 3 is 3.05 bits per heavy atom. The van der Waals surface area contributed by atoms with Crippen LogP contribution in [0.5, 0.6) is 0 Å². The first kappa shape index (κ1) is 16.4. The van der Waals surface area contributed by atoms with E-state index in [1.54, 1.807) is 11.3 Å². The number of amides is 1. The Bertz CT molecular complexity index is 475. The molecule has 1 aromatic rings. The van der Waals surface area contributed by atoms with E-state index >= 15 is 0 Å². The molecule has 1 aromatic heterocycles. The minimum absolute atomic E-state index is 0.0478. The van der Waals surface area contributed by atoms with E-state index in [1.807, 2.05) is 7.05 Å². The van der Waals surface area contributed by atoms with E-state index in [1.165, 1.54) is 0 Å². The Morgan fingerprint density at radius 1 is 1.62 bits per heavy atom. The van der Waals surface area contributed by atoms with Gasteiger partial charge in [-0.2, -0.15) is 0 Å². The number of piperidine rings is 1. The molecule has 21 heavy (non-hydrogen) atoms. The van der Waals surface area contributed by atoms with Gasteiger partial charge in [-0.05, 0) is 13.5 Å². The first-order chi connectivity index (χ1) is 9.97. The van der Waals surface area contributed by atoms with Crippen LogP contribution in [0, 0.1) is 5.92 Å². The van der Waals surface area contributed by atoms with Crippen molar-refractivity contribution in [3.8, 4) is 0 Å². The van der Waals surface area contributed by atoms with Gasteiger partial charge in [0.15, 0.2) is 0 Å². The molecule has 2 N–H and O–H groups in total. The summed E-state index contributed by atoms with van der Waals surface area (Å²) in [5.41, 5.74) is 1.03. The van der Waals surface area contributed by atoms with Crippen LogP contribution in [0.15, 0.2) is 5.38 Å². The second-order valence-corrected chi connectivity index (χ2v) is 6.99. The second-order valence-electron chi connectivity index (χ2n) is 6.10. The first-order valence-corrected chi connectivity index (χ1v) is 8.44. The van der Waals surface area contributed by atoms with Crippen LogP contribution in [-0.4, -0.2) is 53.7 Å². The summed E-state index contributed by atoms with van der Waals surface area (Å²) in [7, 11) is 1.98. The molecule has 118 valence electrons. The van der Waals surface area contributed by atoms with Crippen LogP contribution in [0.1, 0.15) is 36.9 Å². The fourth-order valence-electron chi connectivity index (χ4n) is 2.51. The number of thiazole rings is 1. The van der Waals surface area contributed by atoms with Gasteiger partial charge in [0.1, 0.15) is 0 Å². The van der Waals surface area contributed by atoms with Gasteiger partial charge in [-0.25, -0.2) is 4.98 Å². The van der Waals surface area contributed by atoms with Crippen LogP contribution in [0.2, 0.25) is 0 Å². The van der Waals surface area contributed by atoms with Crippen molar-refractivity contribution in [2.24, 2.45) is 5.92 Å². The smallest absolute Gasteiger partial charge is 0.227 e. The third-order valence-electron chi connectivity index (χ3n) is 3.86. The molecule has 0 saturated carbocycles. The average Bonchev–Trinajstić information content (AvgIpc) is 2.90. The SMILES string of the molecule is CC(C)c1nc(CCNC(=O)[C@@H]2CN(C)CC[C@H]2O)cs1. The van der Waals surface area contributed by atoms with Crippen molar-refractivity contribution in [1.82, 2.24) is 15.2 Å². The first-order valence-electron chi connectivity index (χ1n) is 7.56. The van der Waals surface area contributed by atoms with Gasteiger partial charge >= 0.3 is 0 Å². The number of aromatic nitrogens is 1. The zero-order valence-corrected chi connectivity index (χ0v) is 13.8. The van der Waals surface area contributed by atoms with E-state index in [0.717, 1.165) is 23.7 Å². The summed E-state index contributed by atoms with van der Waals surface area (Å²) in [6.45, 7) is 6.31. The Morgan fingerprint density at radius 2 is 2.38 bits per heavy atom. The second kappa shape index (κ2) is 7.33. The molecule has 6 heteroatoms. The Kier molecular flexibility index (Phi) is 5.72. The number of nitrogens with one attached hydrogen (secondary N) is 1. The number of carbonyl (C=O) groups is 1. The molecule has 0 spiro atoms. The van der Waals surface area contributed by atoms with Gasteiger partial charge in [0.05, 0.1) is 22.7 Å². The maximum Gasteiger partial charge on any atom is 0.227 e. The number of aliphatic hydroxyl groups excluding tert-OH is 1. The van der Waals surface area contributed by atoms with E-state index < -0.39 is 6.10 Å². The normalized spacial score (nSPS) is 23.5. The molecule has 1 fully saturated rings. The van der Waals surface area contributed by atoms with E-state index in [9.17, 15) is 9.90 Å². The average molecular weight is 311 g/mol. The highest BCUT2D eigenvalue weighted by Crippen LogP contribution is 2.19. The third-order valence-corrected chi connectivity index (χ3v) is 5.05. The molecule has 1 saturated heterocycles. The number of aliphatic hydroxyl groups is 1. The van der Waals surface area contributed by atoms with Crippen molar-refractivity contribution < 1.29 is 9.90 Å². The highest BCUT2D eigenvalue weighted by molar-refractivity contribution is 7.09. The summed E-state index contributed by atoms with van der Waals surface area (Å²) in [5.74, 6) is 0.0880. The summed E-state index contributed by atoms with van der Waals surface area (Å²) < 4.78 is 0. The number of hydrogen-bond acceptors (Lipinski definition) is 5. The molecule has 0 radical (unpaired) electrons. The summed E-state index contributed by atoms with van der Waals surface area (Å²) in [5, 5.41) is 16.1. The molecule has 1 amide bonds. The molecular weight excluding hydrogens is 286 g/mol. The predicted octanol–water partition coefficient (Wildman–Crippen LogP) is 1.24. The highest BCUT2D eigenvalue weighted by Gasteiger charge is 2.31. The van der Waals surface area contributed by atoms with E-state index in [-0.39, 0.29) is 11.8 Å². The van der Waals surface area contributed by atoms with Crippen molar-refractivity contribution in [2.75, 3.05) is 26.7 Å². The summed E-state index contributed by atoms with van der Waals surface area (Å²) >= 11 is 1.67. The Labute approximate surface area is 130 Å². The quantitative estimate of drug-likeness (QED) is 0.858. The Balaban J connectivity index is 1.78. The summed E-state index contributed by atoms with van der Waals surface area (Å²) in [6.07, 6.45) is 0.888. The summed E-state index contributed by atoms with van der Waals surface area (Å²) in [6, 6.07) is 0. The van der Waals surface area contributed by atoms with Crippen molar-refractivity contribution >= 4 is 17.2 Å². The topological polar surface area (TPSA) is 65.5 Å². The van der Waals surface area contributed by atoms with Gasteiger partial charge in [0.25, 0.3) is 0 Å². The third kappa shape index (κ3) is 4.49. The zero-order valence-electron chi connectivity index (χ0n) is 13.0. The maximum atomic E-state index is 12.1. The van der Waals surface area contributed by atoms with Gasteiger partial charge in [-0.1, -0.05) is 13.8 Å². The number of rotatable bonds is 5. The van der Waals surface area contributed by atoms with Gasteiger partial charge in [0, 0.05) is 37.4 Å². The van der Waals surface area contributed by atoms with Crippen molar-refractivity contribution in [3.05, 3.63) is 16.1 Å². The van der Waals surface area contributed by atoms with Gasteiger partial charge in [-0.3, -0.25) is 4.79 Å². The molecule has 1 aliphatic heterocycles. The minimum atomic E-state index is -0.520. The fraction of sp³-hybridized carbons (Fsp3) is 0.733. The molecule has 0 bridgehead atoms.